The Morgan fingerprint density at radius 3 is 2.95 bits per heavy atom. The van der Waals surface area contributed by atoms with Crippen LogP contribution in [0.5, 0.6) is 0 Å². The second kappa shape index (κ2) is 6.88. The predicted molar refractivity (Wildman–Crippen MR) is 71.3 cm³/mol. The van der Waals surface area contributed by atoms with Gasteiger partial charge in [0.1, 0.15) is 0 Å². The van der Waals surface area contributed by atoms with Crippen LogP contribution in [0.15, 0.2) is 11.8 Å². The number of hydrogen-bond acceptors (Lipinski definition) is 5. The van der Waals surface area contributed by atoms with Crippen LogP contribution in [0.1, 0.15) is 13.3 Å². The van der Waals surface area contributed by atoms with Gasteiger partial charge in [-0.3, -0.25) is 4.79 Å². The molecule has 2 heterocycles. The molecule has 2 aliphatic rings. The molecule has 1 unspecified atom stereocenters. The monoisotopic (exact) mass is 269 g/mol. The van der Waals surface area contributed by atoms with E-state index in [-0.39, 0.29) is 11.9 Å². The number of hydrazine groups is 1. The summed E-state index contributed by atoms with van der Waals surface area (Å²) in [6.45, 7) is 6.23. The summed E-state index contributed by atoms with van der Waals surface area (Å²) in [4.78, 5) is 14.1. The Hall–Kier alpha value is -1.11. The van der Waals surface area contributed by atoms with Gasteiger partial charge < -0.3 is 19.4 Å². The lowest BCUT2D eigenvalue weighted by Gasteiger charge is -2.28. The molecule has 1 N–H and O–H groups in total. The Bertz CT molecular complexity index is 340. The number of carbonyl (C=O) groups excluding carboxylic acids is 1. The molecule has 1 fully saturated rings. The van der Waals surface area contributed by atoms with Crippen LogP contribution in [0.3, 0.4) is 0 Å². The first-order valence-corrected chi connectivity index (χ1v) is 6.76. The van der Waals surface area contributed by atoms with E-state index in [1.807, 2.05) is 9.91 Å². The van der Waals surface area contributed by atoms with Gasteiger partial charge >= 0.3 is 0 Å². The Kier molecular flexibility index (Phi) is 5.18. The van der Waals surface area contributed by atoms with Gasteiger partial charge in [0, 0.05) is 32.8 Å². The van der Waals surface area contributed by atoms with Crippen LogP contribution in [0.25, 0.3) is 0 Å². The summed E-state index contributed by atoms with van der Waals surface area (Å²) < 4.78 is 10.3. The van der Waals surface area contributed by atoms with Crippen LogP contribution in [0, 0.1) is 0 Å². The second-order valence-electron chi connectivity index (χ2n) is 4.94. The van der Waals surface area contributed by atoms with Gasteiger partial charge in [0.15, 0.2) is 0 Å². The van der Waals surface area contributed by atoms with Gasteiger partial charge in [-0.05, 0) is 12.5 Å². The molecule has 1 saturated heterocycles. The summed E-state index contributed by atoms with van der Waals surface area (Å²) in [5.74, 6) is 0.196. The molecule has 19 heavy (non-hydrogen) atoms. The molecule has 108 valence electrons. The first kappa shape index (κ1) is 14.3. The second-order valence-corrected chi connectivity index (χ2v) is 4.94. The van der Waals surface area contributed by atoms with Gasteiger partial charge in [-0.2, -0.15) is 0 Å². The molecule has 0 aromatic heterocycles. The van der Waals surface area contributed by atoms with Gasteiger partial charge in [-0.25, -0.2) is 5.43 Å². The molecule has 0 bridgehead atoms. The van der Waals surface area contributed by atoms with E-state index in [2.05, 4.69) is 18.5 Å². The highest BCUT2D eigenvalue weighted by molar-refractivity contribution is 5.77. The van der Waals surface area contributed by atoms with Crippen molar-refractivity contribution in [2.45, 2.75) is 19.4 Å². The quantitative estimate of drug-likeness (QED) is 0.760. The van der Waals surface area contributed by atoms with Crippen molar-refractivity contribution in [1.82, 2.24) is 15.3 Å². The maximum absolute atomic E-state index is 12.2. The van der Waals surface area contributed by atoms with E-state index in [0.29, 0.717) is 39.3 Å². The van der Waals surface area contributed by atoms with E-state index in [4.69, 9.17) is 9.47 Å². The minimum atomic E-state index is 0.104. The number of ether oxygens (including phenoxy) is 2. The lowest BCUT2D eigenvalue weighted by Crippen LogP contribution is -2.45. The smallest absolute Gasteiger partial charge is 0.224 e. The van der Waals surface area contributed by atoms with Crippen molar-refractivity contribution in [3.05, 3.63) is 11.8 Å². The molecule has 0 aromatic carbocycles. The molecule has 2 aliphatic heterocycles. The summed E-state index contributed by atoms with van der Waals surface area (Å²) in [7, 11) is 1.69. The van der Waals surface area contributed by atoms with E-state index in [9.17, 15) is 4.79 Å². The van der Waals surface area contributed by atoms with Gasteiger partial charge in [-0.15, -0.1) is 0 Å². The van der Waals surface area contributed by atoms with Crippen LogP contribution < -0.4 is 5.43 Å². The molecule has 0 aliphatic carbocycles. The molecule has 6 heteroatoms. The average Bonchev–Trinajstić information content (AvgIpc) is 2.78. The SMILES string of the molecule is COCCN1C=C(C)C(CC(=O)N2CCOCC2)N1. The van der Waals surface area contributed by atoms with Crippen molar-refractivity contribution in [1.29, 1.82) is 0 Å². The third-order valence-electron chi connectivity index (χ3n) is 3.51. The molecule has 2 rings (SSSR count). The third-order valence-corrected chi connectivity index (χ3v) is 3.51. The molecule has 0 spiro atoms. The number of carbonyl (C=O) groups is 1. The van der Waals surface area contributed by atoms with Crippen LogP contribution >= 0.6 is 0 Å². The number of amides is 1. The van der Waals surface area contributed by atoms with Gasteiger partial charge in [0.05, 0.1) is 32.4 Å². The van der Waals surface area contributed by atoms with Gasteiger partial charge in [0.2, 0.25) is 5.91 Å². The van der Waals surface area contributed by atoms with Gasteiger partial charge in [0.25, 0.3) is 0 Å². The summed E-state index contributed by atoms with van der Waals surface area (Å²) in [6.07, 6.45) is 2.56. The summed E-state index contributed by atoms with van der Waals surface area (Å²) in [5, 5.41) is 2.00. The highest BCUT2D eigenvalue weighted by atomic mass is 16.5. The van der Waals surface area contributed by atoms with Crippen molar-refractivity contribution in [2.75, 3.05) is 46.6 Å². The minimum Gasteiger partial charge on any atom is -0.383 e. The number of hydrogen-bond donors (Lipinski definition) is 1. The van der Waals surface area contributed by atoms with Crippen LogP contribution in [-0.4, -0.2) is 68.4 Å². The highest BCUT2D eigenvalue weighted by Gasteiger charge is 2.26. The maximum Gasteiger partial charge on any atom is 0.224 e. The molecule has 0 radical (unpaired) electrons. The normalized spacial score (nSPS) is 23.7. The molecular weight excluding hydrogens is 246 g/mol. The fourth-order valence-electron chi connectivity index (χ4n) is 2.32. The summed E-state index contributed by atoms with van der Waals surface area (Å²) in [5.41, 5.74) is 4.52. The Morgan fingerprint density at radius 2 is 2.26 bits per heavy atom. The number of nitrogens with one attached hydrogen (secondary N) is 1. The molecule has 1 atom stereocenters. The molecule has 0 saturated carbocycles. The molecule has 1 amide bonds. The van der Waals surface area contributed by atoms with E-state index in [1.165, 1.54) is 5.57 Å². The summed E-state index contributed by atoms with van der Waals surface area (Å²) >= 11 is 0. The Balaban J connectivity index is 1.79. The van der Waals surface area contributed by atoms with E-state index >= 15 is 0 Å². The van der Waals surface area contributed by atoms with Crippen molar-refractivity contribution >= 4 is 5.91 Å². The topological polar surface area (TPSA) is 54.0 Å². The fourth-order valence-corrected chi connectivity index (χ4v) is 2.32. The zero-order chi connectivity index (χ0) is 13.7. The minimum absolute atomic E-state index is 0.104. The van der Waals surface area contributed by atoms with Gasteiger partial charge in [-0.1, -0.05) is 0 Å². The maximum atomic E-state index is 12.2. The Labute approximate surface area is 114 Å². The number of methoxy groups -OCH3 is 1. The first-order valence-electron chi connectivity index (χ1n) is 6.76. The van der Waals surface area contributed by atoms with E-state index in [1.54, 1.807) is 7.11 Å². The largest absolute Gasteiger partial charge is 0.383 e. The predicted octanol–water partition coefficient (Wildman–Crippen LogP) is -0.0257. The summed E-state index contributed by atoms with van der Waals surface area (Å²) in [6, 6.07) is 0.104. The van der Waals surface area contributed by atoms with Crippen LogP contribution in [0.4, 0.5) is 0 Å². The molecular formula is C13H23N3O3. The zero-order valence-electron chi connectivity index (χ0n) is 11.7. The van der Waals surface area contributed by atoms with Crippen LogP contribution in [-0.2, 0) is 14.3 Å². The lowest BCUT2D eigenvalue weighted by atomic mass is 10.1. The lowest BCUT2D eigenvalue weighted by molar-refractivity contribution is -0.135. The van der Waals surface area contributed by atoms with Crippen molar-refractivity contribution in [3.8, 4) is 0 Å². The van der Waals surface area contributed by atoms with Crippen molar-refractivity contribution in [3.63, 3.8) is 0 Å². The van der Waals surface area contributed by atoms with E-state index in [0.717, 1.165) is 6.54 Å². The molecule has 6 nitrogen and oxygen atoms in total. The standard InChI is InChI=1S/C13H23N3O3/c1-11-10-16(5-6-18-2)14-12(11)9-13(17)15-3-7-19-8-4-15/h10,12,14H,3-9H2,1-2H3. The van der Waals surface area contributed by atoms with Crippen LogP contribution in [0.2, 0.25) is 0 Å². The number of nitrogens with zero attached hydrogens (tertiary/aromatic N) is 2. The first-order chi connectivity index (χ1) is 9.20. The number of morpholine rings is 1. The molecule has 0 aromatic rings. The van der Waals surface area contributed by atoms with Crippen molar-refractivity contribution in [2.24, 2.45) is 0 Å². The highest BCUT2D eigenvalue weighted by Crippen LogP contribution is 2.16. The average molecular weight is 269 g/mol. The van der Waals surface area contributed by atoms with E-state index < -0.39 is 0 Å². The fraction of sp³-hybridized carbons (Fsp3) is 0.769. The third kappa shape index (κ3) is 3.92. The Morgan fingerprint density at radius 1 is 1.53 bits per heavy atom. The number of rotatable bonds is 5. The van der Waals surface area contributed by atoms with Crippen molar-refractivity contribution < 1.29 is 14.3 Å². The zero-order valence-corrected chi connectivity index (χ0v) is 11.7.